The minimum absolute atomic E-state index is 0.250. The maximum Gasteiger partial charge on any atom is 0.0593 e. The van der Waals surface area contributed by atoms with E-state index in [2.05, 4.69) is 30.6 Å². The van der Waals surface area contributed by atoms with Crippen LogP contribution in [0.4, 0.5) is 0 Å². The van der Waals surface area contributed by atoms with Crippen LogP contribution in [0, 0.1) is 0 Å². The van der Waals surface area contributed by atoms with E-state index >= 15 is 0 Å². The molecule has 1 rings (SSSR count). The Morgan fingerprint density at radius 1 is 1.11 bits per heavy atom. The van der Waals surface area contributed by atoms with Crippen LogP contribution in [0.2, 0.25) is 0 Å². The van der Waals surface area contributed by atoms with E-state index in [1.54, 1.807) is 0 Å². The molecule has 1 aliphatic heterocycles. The van der Waals surface area contributed by atoms with Gasteiger partial charge in [-0.15, -0.1) is 0 Å². The number of rotatable bonds is 8. The van der Waals surface area contributed by atoms with Crippen molar-refractivity contribution in [1.29, 1.82) is 0 Å². The first-order valence-corrected chi connectivity index (χ1v) is 7.35. The molecule has 0 aromatic heterocycles. The summed E-state index contributed by atoms with van der Waals surface area (Å²) < 4.78 is 5.55. The molecule has 0 atom stereocenters. The number of hydrogen-bond acceptors (Lipinski definition) is 4. The van der Waals surface area contributed by atoms with Gasteiger partial charge in [0.25, 0.3) is 0 Å². The molecule has 1 fully saturated rings. The summed E-state index contributed by atoms with van der Waals surface area (Å²) in [5.74, 6) is 0. The highest BCUT2D eigenvalue weighted by atomic mass is 16.5. The third-order valence-electron chi connectivity index (χ3n) is 3.88. The SMILES string of the molecule is CCCOCCN1CCN(C(C)(C)CCN)CC1. The summed E-state index contributed by atoms with van der Waals surface area (Å²) in [5, 5.41) is 0. The van der Waals surface area contributed by atoms with Gasteiger partial charge in [0.15, 0.2) is 0 Å². The Bertz CT molecular complexity index is 213. The molecule has 2 N–H and O–H groups in total. The second-order valence-electron chi connectivity index (χ2n) is 5.79. The van der Waals surface area contributed by atoms with Crippen molar-refractivity contribution in [3.05, 3.63) is 0 Å². The highest BCUT2D eigenvalue weighted by Crippen LogP contribution is 2.19. The van der Waals surface area contributed by atoms with Gasteiger partial charge in [-0.1, -0.05) is 6.92 Å². The molecule has 0 aromatic rings. The molecule has 0 unspecified atom stereocenters. The zero-order valence-electron chi connectivity index (χ0n) is 12.5. The first kappa shape index (κ1) is 15.9. The Labute approximate surface area is 112 Å². The summed E-state index contributed by atoms with van der Waals surface area (Å²) in [7, 11) is 0. The number of ether oxygens (including phenoxy) is 1. The van der Waals surface area contributed by atoms with E-state index < -0.39 is 0 Å². The Kier molecular flexibility index (Phi) is 7.15. The summed E-state index contributed by atoms with van der Waals surface area (Å²) in [6, 6.07) is 0. The summed E-state index contributed by atoms with van der Waals surface area (Å²) >= 11 is 0. The minimum atomic E-state index is 0.250. The maximum atomic E-state index is 5.69. The molecule has 0 aliphatic carbocycles. The van der Waals surface area contributed by atoms with Crippen LogP contribution >= 0.6 is 0 Å². The van der Waals surface area contributed by atoms with Gasteiger partial charge in [-0.2, -0.15) is 0 Å². The highest BCUT2D eigenvalue weighted by molar-refractivity contribution is 4.85. The van der Waals surface area contributed by atoms with Crippen LogP contribution in [0.3, 0.4) is 0 Å². The van der Waals surface area contributed by atoms with Crippen LogP contribution in [0.1, 0.15) is 33.6 Å². The lowest BCUT2D eigenvalue weighted by molar-refractivity contribution is 0.0325. The van der Waals surface area contributed by atoms with Crippen molar-refractivity contribution < 1.29 is 4.74 Å². The summed E-state index contributed by atoms with van der Waals surface area (Å²) in [6.07, 6.45) is 2.19. The van der Waals surface area contributed by atoms with E-state index in [1.807, 2.05) is 0 Å². The van der Waals surface area contributed by atoms with Crippen molar-refractivity contribution in [3.63, 3.8) is 0 Å². The average Bonchev–Trinajstić information content (AvgIpc) is 2.35. The molecule has 0 spiro atoms. The van der Waals surface area contributed by atoms with Crippen molar-refractivity contribution in [1.82, 2.24) is 9.80 Å². The van der Waals surface area contributed by atoms with Crippen LogP contribution in [-0.4, -0.2) is 67.8 Å². The van der Waals surface area contributed by atoms with Crippen molar-refractivity contribution in [2.24, 2.45) is 5.73 Å². The molecule has 4 nitrogen and oxygen atoms in total. The summed E-state index contributed by atoms with van der Waals surface area (Å²) in [4.78, 5) is 5.08. The lowest BCUT2D eigenvalue weighted by Gasteiger charge is -2.44. The molecule has 0 radical (unpaired) electrons. The van der Waals surface area contributed by atoms with Crippen LogP contribution in [0.25, 0.3) is 0 Å². The topological polar surface area (TPSA) is 41.7 Å². The Morgan fingerprint density at radius 3 is 2.33 bits per heavy atom. The van der Waals surface area contributed by atoms with Gasteiger partial charge >= 0.3 is 0 Å². The quantitative estimate of drug-likeness (QED) is 0.663. The number of hydrogen-bond donors (Lipinski definition) is 1. The fraction of sp³-hybridized carbons (Fsp3) is 1.00. The van der Waals surface area contributed by atoms with Crippen molar-refractivity contribution in [3.8, 4) is 0 Å². The van der Waals surface area contributed by atoms with E-state index in [0.29, 0.717) is 0 Å². The molecular weight excluding hydrogens is 226 g/mol. The molecule has 18 heavy (non-hydrogen) atoms. The molecule has 1 aliphatic rings. The lowest BCUT2D eigenvalue weighted by Crippen LogP contribution is -2.55. The lowest BCUT2D eigenvalue weighted by atomic mass is 9.97. The van der Waals surface area contributed by atoms with Gasteiger partial charge in [0.05, 0.1) is 6.61 Å². The predicted molar refractivity (Wildman–Crippen MR) is 76.9 cm³/mol. The average molecular weight is 257 g/mol. The third-order valence-corrected chi connectivity index (χ3v) is 3.88. The second kappa shape index (κ2) is 8.10. The molecule has 1 heterocycles. The largest absolute Gasteiger partial charge is 0.380 e. The number of piperazine rings is 1. The fourth-order valence-corrected chi connectivity index (χ4v) is 2.53. The monoisotopic (exact) mass is 257 g/mol. The van der Waals surface area contributed by atoms with Gasteiger partial charge in [-0.05, 0) is 33.2 Å². The molecule has 0 amide bonds. The maximum absolute atomic E-state index is 5.69. The number of nitrogens with zero attached hydrogens (tertiary/aromatic N) is 2. The molecule has 0 saturated carbocycles. The zero-order chi connectivity index (χ0) is 13.4. The number of nitrogens with two attached hydrogens (primary N) is 1. The Morgan fingerprint density at radius 2 is 1.78 bits per heavy atom. The van der Waals surface area contributed by atoms with E-state index in [0.717, 1.165) is 65.3 Å². The molecule has 0 bridgehead atoms. The van der Waals surface area contributed by atoms with Gasteiger partial charge in [-0.3, -0.25) is 9.80 Å². The third kappa shape index (κ3) is 5.22. The standard InChI is InChI=1S/C14H31N3O/c1-4-12-18-13-11-16-7-9-17(10-8-16)14(2,3)5-6-15/h4-13,15H2,1-3H3. The van der Waals surface area contributed by atoms with E-state index in [9.17, 15) is 0 Å². The van der Waals surface area contributed by atoms with Gasteiger partial charge in [0, 0.05) is 44.9 Å². The first-order chi connectivity index (χ1) is 8.60. The van der Waals surface area contributed by atoms with Gasteiger partial charge in [0.1, 0.15) is 0 Å². The second-order valence-corrected chi connectivity index (χ2v) is 5.79. The van der Waals surface area contributed by atoms with Gasteiger partial charge < -0.3 is 10.5 Å². The van der Waals surface area contributed by atoms with E-state index in [4.69, 9.17) is 10.5 Å². The molecule has 0 aromatic carbocycles. The fourth-order valence-electron chi connectivity index (χ4n) is 2.53. The first-order valence-electron chi connectivity index (χ1n) is 7.35. The summed E-state index contributed by atoms with van der Waals surface area (Å²) in [5.41, 5.74) is 5.94. The van der Waals surface area contributed by atoms with Gasteiger partial charge in [0.2, 0.25) is 0 Å². The molecule has 1 saturated heterocycles. The molecule has 108 valence electrons. The smallest absolute Gasteiger partial charge is 0.0593 e. The zero-order valence-corrected chi connectivity index (χ0v) is 12.5. The predicted octanol–water partition coefficient (Wildman–Crippen LogP) is 1.16. The molecular formula is C14H31N3O. The minimum Gasteiger partial charge on any atom is -0.380 e. The van der Waals surface area contributed by atoms with Crippen molar-refractivity contribution in [2.75, 3.05) is 52.5 Å². The van der Waals surface area contributed by atoms with Crippen LogP contribution in [0.15, 0.2) is 0 Å². The summed E-state index contributed by atoms with van der Waals surface area (Å²) in [6.45, 7) is 15.0. The van der Waals surface area contributed by atoms with Crippen LogP contribution in [0.5, 0.6) is 0 Å². The van der Waals surface area contributed by atoms with Crippen molar-refractivity contribution in [2.45, 2.75) is 39.2 Å². The molecule has 4 heteroatoms. The van der Waals surface area contributed by atoms with E-state index in [-0.39, 0.29) is 5.54 Å². The van der Waals surface area contributed by atoms with E-state index in [1.165, 1.54) is 0 Å². The van der Waals surface area contributed by atoms with Crippen LogP contribution < -0.4 is 5.73 Å². The Hall–Kier alpha value is -0.160. The normalized spacial score (nSPS) is 19.3. The van der Waals surface area contributed by atoms with Crippen LogP contribution in [-0.2, 0) is 4.74 Å². The highest BCUT2D eigenvalue weighted by Gasteiger charge is 2.28. The Balaban J connectivity index is 2.20. The van der Waals surface area contributed by atoms with Gasteiger partial charge in [-0.25, -0.2) is 0 Å². The van der Waals surface area contributed by atoms with Crippen molar-refractivity contribution >= 4 is 0 Å².